The molecule has 3 heterocycles. The molecular formula is C15H14BrN5O. The second-order valence-electron chi connectivity index (χ2n) is 5.48. The third-order valence-electron chi connectivity index (χ3n) is 3.98. The van der Waals surface area contributed by atoms with E-state index in [-0.39, 0.29) is 5.91 Å². The van der Waals surface area contributed by atoms with Gasteiger partial charge < -0.3 is 15.6 Å². The Balaban J connectivity index is 1.84. The number of nitrogens with one attached hydrogen (secondary N) is 1. The quantitative estimate of drug-likeness (QED) is 0.735. The summed E-state index contributed by atoms with van der Waals surface area (Å²) in [5.74, 6) is 1.35. The maximum atomic E-state index is 11.8. The van der Waals surface area contributed by atoms with Crippen LogP contribution >= 0.6 is 15.9 Å². The number of aromatic amines is 1. The zero-order valence-corrected chi connectivity index (χ0v) is 13.4. The summed E-state index contributed by atoms with van der Waals surface area (Å²) in [6.45, 7) is 1.28. The number of aromatic nitrogens is 3. The zero-order valence-electron chi connectivity index (χ0n) is 11.8. The molecule has 1 aliphatic heterocycles. The van der Waals surface area contributed by atoms with E-state index in [9.17, 15) is 4.79 Å². The minimum Gasteiger partial charge on any atom is -0.382 e. The van der Waals surface area contributed by atoms with Crippen LogP contribution in [0.2, 0.25) is 0 Å². The summed E-state index contributed by atoms with van der Waals surface area (Å²) in [7, 11) is 0. The van der Waals surface area contributed by atoms with Crippen LogP contribution in [0.15, 0.2) is 22.7 Å². The van der Waals surface area contributed by atoms with Crippen molar-refractivity contribution in [3.8, 4) is 0 Å². The largest absolute Gasteiger partial charge is 0.382 e. The van der Waals surface area contributed by atoms with Crippen LogP contribution in [0.1, 0.15) is 18.7 Å². The molecule has 1 aromatic carbocycles. The van der Waals surface area contributed by atoms with Crippen LogP contribution in [0.3, 0.4) is 0 Å². The van der Waals surface area contributed by atoms with Crippen molar-refractivity contribution < 1.29 is 4.79 Å². The Morgan fingerprint density at radius 3 is 3.00 bits per heavy atom. The number of imidazole rings is 1. The number of nitrogen functional groups attached to an aromatic ring is 1. The number of nitrogens with two attached hydrogens (primary N) is 1. The van der Waals surface area contributed by atoms with E-state index in [2.05, 4.69) is 30.9 Å². The van der Waals surface area contributed by atoms with Gasteiger partial charge in [-0.05, 0) is 24.6 Å². The molecule has 0 aliphatic carbocycles. The molecule has 22 heavy (non-hydrogen) atoms. The summed E-state index contributed by atoms with van der Waals surface area (Å²) in [5, 5.41) is 0.947. The summed E-state index contributed by atoms with van der Waals surface area (Å²) in [6.07, 6.45) is 1.54. The number of nitrogens with zero attached hydrogens (tertiary/aromatic N) is 3. The lowest BCUT2D eigenvalue weighted by Crippen LogP contribution is -2.24. The number of likely N-dealkylation sites (tertiary alicyclic amines) is 1. The van der Waals surface area contributed by atoms with Gasteiger partial charge in [-0.1, -0.05) is 15.9 Å². The van der Waals surface area contributed by atoms with E-state index in [1.54, 1.807) is 0 Å². The molecule has 0 bridgehead atoms. The predicted molar refractivity (Wildman–Crippen MR) is 88.2 cm³/mol. The molecule has 0 unspecified atom stereocenters. The first-order valence-electron chi connectivity index (χ1n) is 7.13. The van der Waals surface area contributed by atoms with Crippen LogP contribution in [0.5, 0.6) is 0 Å². The molecule has 1 saturated heterocycles. The molecule has 2 aromatic heterocycles. The number of halogens is 1. The van der Waals surface area contributed by atoms with Gasteiger partial charge in [0.1, 0.15) is 22.7 Å². The second kappa shape index (κ2) is 4.95. The number of benzene rings is 1. The maximum absolute atomic E-state index is 11.8. The van der Waals surface area contributed by atoms with E-state index in [1.165, 1.54) is 0 Å². The highest BCUT2D eigenvalue weighted by Gasteiger charge is 2.22. The van der Waals surface area contributed by atoms with Gasteiger partial charge in [-0.25, -0.2) is 9.97 Å². The van der Waals surface area contributed by atoms with Gasteiger partial charge in [0, 0.05) is 22.8 Å². The van der Waals surface area contributed by atoms with E-state index in [0.717, 1.165) is 45.2 Å². The zero-order chi connectivity index (χ0) is 15.3. The van der Waals surface area contributed by atoms with Crippen molar-refractivity contribution in [2.24, 2.45) is 0 Å². The number of anilines is 1. The van der Waals surface area contributed by atoms with E-state index in [1.807, 2.05) is 23.1 Å². The molecule has 4 rings (SSSR count). The summed E-state index contributed by atoms with van der Waals surface area (Å²) in [6, 6.07) is 5.85. The van der Waals surface area contributed by atoms with Crippen LogP contribution in [0.25, 0.3) is 21.9 Å². The molecule has 6 nitrogen and oxygen atoms in total. The molecule has 1 aliphatic rings. The third kappa shape index (κ3) is 2.12. The van der Waals surface area contributed by atoms with Gasteiger partial charge in [0.25, 0.3) is 0 Å². The van der Waals surface area contributed by atoms with Crippen LogP contribution in [0.4, 0.5) is 5.82 Å². The lowest BCUT2D eigenvalue weighted by Gasteiger charge is -2.12. The van der Waals surface area contributed by atoms with Gasteiger partial charge in [-0.15, -0.1) is 0 Å². The highest BCUT2D eigenvalue weighted by molar-refractivity contribution is 9.10. The monoisotopic (exact) mass is 359 g/mol. The van der Waals surface area contributed by atoms with Crippen molar-refractivity contribution in [1.29, 1.82) is 0 Å². The molecule has 0 atom stereocenters. The molecule has 112 valence electrons. The van der Waals surface area contributed by atoms with Crippen molar-refractivity contribution in [3.05, 3.63) is 28.5 Å². The standard InChI is InChI=1S/C15H14BrN5O/c16-8-3-4-9-10(6-8)18-15(17)14-13(9)19-11(20-14)7-21-5-1-2-12(21)22/h3-4,6H,1-2,5,7H2,(H2,17,18)(H,19,20). The number of H-pyrrole nitrogens is 1. The maximum Gasteiger partial charge on any atom is 0.223 e. The van der Waals surface area contributed by atoms with Crippen molar-refractivity contribution >= 4 is 49.6 Å². The highest BCUT2D eigenvalue weighted by Crippen LogP contribution is 2.28. The fourth-order valence-electron chi connectivity index (χ4n) is 2.91. The summed E-state index contributed by atoms with van der Waals surface area (Å²) < 4.78 is 0.949. The number of carbonyl (C=O) groups is 1. The lowest BCUT2D eigenvalue weighted by molar-refractivity contribution is -0.128. The number of hydrogen-bond donors (Lipinski definition) is 2. The molecule has 7 heteroatoms. The van der Waals surface area contributed by atoms with Crippen molar-refractivity contribution in [1.82, 2.24) is 19.9 Å². The number of fused-ring (bicyclic) bond motifs is 3. The topological polar surface area (TPSA) is 87.9 Å². The summed E-state index contributed by atoms with van der Waals surface area (Å²) in [4.78, 5) is 25.9. The number of rotatable bonds is 2. The highest BCUT2D eigenvalue weighted by atomic mass is 79.9. The Hall–Kier alpha value is -2.15. The fourth-order valence-corrected chi connectivity index (χ4v) is 3.26. The number of carbonyl (C=O) groups excluding carboxylic acids is 1. The Morgan fingerprint density at radius 1 is 1.36 bits per heavy atom. The van der Waals surface area contributed by atoms with Crippen LogP contribution < -0.4 is 5.73 Å². The minimum atomic E-state index is 0.181. The van der Waals surface area contributed by atoms with Crippen LogP contribution in [-0.2, 0) is 11.3 Å². The third-order valence-corrected chi connectivity index (χ3v) is 4.47. The van der Waals surface area contributed by atoms with Crippen molar-refractivity contribution in [2.75, 3.05) is 12.3 Å². The van der Waals surface area contributed by atoms with Crippen LogP contribution in [-0.4, -0.2) is 32.3 Å². The molecule has 0 spiro atoms. The van der Waals surface area contributed by atoms with E-state index in [0.29, 0.717) is 18.8 Å². The molecule has 3 aromatic rings. The predicted octanol–water partition coefficient (Wildman–Crippen LogP) is 2.58. The second-order valence-corrected chi connectivity index (χ2v) is 6.40. The van der Waals surface area contributed by atoms with Crippen molar-refractivity contribution in [2.45, 2.75) is 19.4 Å². The SMILES string of the molecule is Nc1nc2cc(Br)ccc2c2nc(CN3CCCC3=O)[nH]c12. The van der Waals surface area contributed by atoms with Gasteiger partial charge in [0.2, 0.25) is 5.91 Å². The molecule has 3 N–H and O–H groups in total. The average molecular weight is 360 g/mol. The first kappa shape index (κ1) is 13.5. The summed E-state index contributed by atoms with van der Waals surface area (Å²) >= 11 is 3.44. The minimum absolute atomic E-state index is 0.181. The van der Waals surface area contributed by atoms with E-state index < -0.39 is 0 Å². The smallest absolute Gasteiger partial charge is 0.223 e. The van der Waals surface area contributed by atoms with E-state index >= 15 is 0 Å². The number of hydrogen-bond acceptors (Lipinski definition) is 4. The number of pyridine rings is 1. The Kier molecular flexibility index (Phi) is 3.04. The van der Waals surface area contributed by atoms with Gasteiger partial charge in [0.05, 0.1) is 12.1 Å². The Morgan fingerprint density at radius 2 is 2.23 bits per heavy atom. The molecule has 0 saturated carbocycles. The molecule has 1 fully saturated rings. The summed E-state index contributed by atoms with van der Waals surface area (Å²) in [5.41, 5.74) is 8.38. The van der Waals surface area contributed by atoms with Gasteiger partial charge >= 0.3 is 0 Å². The first-order valence-corrected chi connectivity index (χ1v) is 7.92. The first-order chi connectivity index (χ1) is 10.6. The Labute approximate surface area is 134 Å². The van der Waals surface area contributed by atoms with Gasteiger partial charge in [-0.2, -0.15) is 0 Å². The molecule has 0 radical (unpaired) electrons. The van der Waals surface area contributed by atoms with Crippen molar-refractivity contribution in [3.63, 3.8) is 0 Å². The molecular weight excluding hydrogens is 346 g/mol. The average Bonchev–Trinajstić information content (AvgIpc) is 3.07. The van der Waals surface area contributed by atoms with E-state index in [4.69, 9.17) is 5.73 Å². The molecule has 1 amide bonds. The van der Waals surface area contributed by atoms with Crippen LogP contribution in [0, 0.1) is 0 Å². The Bertz CT molecular complexity index is 904. The van der Waals surface area contributed by atoms with Gasteiger partial charge in [-0.3, -0.25) is 4.79 Å². The normalized spacial score (nSPS) is 15.3. The lowest BCUT2D eigenvalue weighted by atomic mass is 10.2. The van der Waals surface area contributed by atoms with Gasteiger partial charge in [0.15, 0.2) is 0 Å². The fraction of sp³-hybridized carbons (Fsp3) is 0.267. The number of amides is 1.